The number of halogens is 1. The van der Waals surface area contributed by atoms with E-state index >= 15 is 0 Å². The molecule has 0 radical (unpaired) electrons. The van der Waals surface area contributed by atoms with Crippen molar-refractivity contribution < 1.29 is 0 Å². The number of nitrogens with two attached hydrogens (primary N) is 1. The minimum Gasteiger partial charge on any atom is -0.319 e. The van der Waals surface area contributed by atoms with Crippen LogP contribution in [0.1, 0.15) is 25.2 Å². The number of nitrogens with zero attached hydrogens (tertiary/aromatic N) is 2. The Labute approximate surface area is 141 Å². The molecule has 0 amide bonds. The van der Waals surface area contributed by atoms with Crippen molar-refractivity contribution >= 4 is 29.7 Å². The molecule has 0 saturated carbocycles. The van der Waals surface area contributed by atoms with Gasteiger partial charge in [-0.1, -0.05) is 30.3 Å². The summed E-state index contributed by atoms with van der Waals surface area (Å²) in [5, 5.41) is 0. The van der Waals surface area contributed by atoms with Crippen LogP contribution in [0, 0.1) is 0 Å². The third-order valence-corrected chi connectivity index (χ3v) is 4.48. The zero-order chi connectivity index (χ0) is 14.9. The Bertz CT molecular complexity index is 747. The molecule has 5 heteroatoms. The molecule has 2 heterocycles. The molecule has 0 atom stereocenters. The molecule has 0 saturated heterocycles. The average Bonchev–Trinajstić information content (AvgIpc) is 2.90. The van der Waals surface area contributed by atoms with Crippen LogP contribution in [-0.2, 0) is 11.3 Å². The summed E-state index contributed by atoms with van der Waals surface area (Å²) >= 11 is 1.83. The number of fused-ring (bicyclic) bond motifs is 1. The number of thioether (sulfide) groups is 1. The van der Waals surface area contributed by atoms with Gasteiger partial charge in [0.05, 0.1) is 17.3 Å². The Morgan fingerprint density at radius 1 is 1.14 bits per heavy atom. The van der Waals surface area contributed by atoms with Crippen LogP contribution in [0.15, 0.2) is 59.8 Å². The fraction of sp³-hybridized carbons (Fsp3) is 0.235. The van der Waals surface area contributed by atoms with Gasteiger partial charge < -0.3 is 10.1 Å². The van der Waals surface area contributed by atoms with Crippen LogP contribution < -0.4 is 5.73 Å². The van der Waals surface area contributed by atoms with E-state index in [1.807, 2.05) is 44.1 Å². The topological polar surface area (TPSA) is 43.3 Å². The van der Waals surface area contributed by atoms with Gasteiger partial charge in [0.2, 0.25) is 0 Å². The first kappa shape index (κ1) is 16.9. The molecule has 0 aliphatic rings. The van der Waals surface area contributed by atoms with Crippen molar-refractivity contribution in [2.24, 2.45) is 5.73 Å². The molecule has 0 aliphatic carbocycles. The van der Waals surface area contributed by atoms with E-state index in [2.05, 4.69) is 45.8 Å². The predicted octanol–water partition coefficient (Wildman–Crippen LogP) is 4.24. The van der Waals surface area contributed by atoms with Crippen molar-refractivity contribution in [1.82, 2.24) is 9.38 Å². The Morgan fingerprint density at radius 2 is 1.86 bits per heavy atom. The maximum absolute atomic E-state index is 6.19. The number of hydrogen-bond acceptors (Lipinski definition) is 3. The second-order valence-corrected chi connectivity index (χ2v) is 6.72. The molecule has 3 nitrogen and oxygen atoms in total. The maximum atomic E-state index is 6.19. The van der Waals surface area contributed by atoms with Gasteiger partial charge in [-0.2, -0.15) is 0 Å². The smallest absolute Gasteiger partial charge is 0.132 e. The predicted molar refractivity (Wildman–Crippen MR) is 95.7 cm³/mol. The molecule has 2 aromatic heterocycles. The highest BCUT2D eigenvalue weighted by molar-refractivity contribution is 7.98. The second kappa shape index (κ2) is 6.73. The lowest BCUT2D eigenvalue weighted by Gasteiger charge is -2.17. The van der Waals surface area contributed by atoms with Gasteiger partial charge in [0.15, 0.2) is 0 Å². The van der Waals surface area contributed by atoms with Gasteiger partial charge >= 0.3 is 0 Å². The summed E-state index contributed by atoms with van der Waals surface area (Å²) in [5.41, 5.74) is 8.18. The number of pyridine rings is 1. The van der Waals surface area contributed by atoms with Crippen molar-refractivity contribution in [2.45, 2.75) is 30.0 Å². The van der Waals surface area contributed by atoms with Gasteiger partial charge in [-0.15, -0.1) is 24.2 Å². The van der Waals surface area contributed by atoms with E-state index in [1.165, 1.54) is 10.5 Å². The maximum Gasteiger partial charge on any atom is 0.132 e. The molecule has 3 rings (SSSR count). The fourth-order valence-electron chi connectivity index (χ4n) is 2.33. The monoisotopic (exact) mass is 333 g/mol. The van der Waals surface area contributed by atoms with Gasteiger partial charge in [-0.25, -0.2) is 4.98 Å². The lowest BCUT2D eigenvalue weighted by atomic mass is 10.1. The molecule has 0 fully saturated rings. The van der Waals surface area contributed by atoms with Crippen molar-refractivity contribution in [3.8, 4) is 0 Å². The summed E-state index contributed by atoms with van der Waals surface area (Å²) < 4.78 is 2.09. The van der Waals surface area contributed by atoms with Crippen LogP contribution in [0.3, 0.4) is 0 Å². The number of benzene rings is 1. The molecule has 1 aromatic carbocycles. The average molecular weight is 334 g/mol. The highest BCUT2D eigenvalue weighted by Crippen LogP contribution is 2.29. The summed E-state index contributed by atoms with van der Waals surface area (Å²) in [6.07, 6.45) is 3.94. The summed E-state index contributed by atoms with van der Waals surface area (Å²) in [6, 6.07) is 14.7. The van der Waals surface area contributed by atoms with E-state index < -0.39 is 5.54 Å². The van der Waals surface area contributed by atoms with E-state index in [9.17, 15) is 0 Å². The number of aromatic nitrogens is 2. The van der Waals surface area contributed by atoms with Gasteiger partial charge in [0.1, 0.15) is 5.82 Å². The van der Waals surface area contributed by atoms with Crippen LogP contribution in [0.5, 0.6) is 0 Å². The molecule has 0 bridgehead atoms. The molecule has 3 aromatic rings. The molecule has 2 N–H and O–H groups in total. The first-order valence-corrected chi connectivity index (χ1v) is 7.96. The lowest BCUT2D eigenvalue weighted by molar-refractivity contribution is 0.511. The summed E-state index contributed by atoms with van der Waals surface area (Å²) in [4.78, 5) is 5.73. The first-order chi connectivity index (χ1) is 10.1. The highest BCUT2D eigenvalue weighted by Gasteiger charge is 2.20. The Balaban J connectivity index is 0.00000176. The summed E-state index contributed by atoms with van der Waals surface area (Å²) in [7, 11) is 0. The van der Waals surface area contributed by atoms with E-state index in [0.717, 1.165) is 17.1 Å². The SMILES string of the molecule is CC(C)(N)c1ncc2c(SCc3ccccc3)cccn12.Cl. The van der Waals surface area contributed by atoms with Crippen LogP contribution in [0.25, 0.3) is 5.52 Å². The number of rotatable bonds is 4. The summed E-state index contributed by atoms with van der Waals surface area (Å²) in [6.45, 7) is 3.96. The summed E-state index contributed by atoms with van der Waals surface area (Å²) in [5.74, 6) is 1.84. The Hall–Kier alpha value is -1.49. The van der Waals surface area contributed by atoms with Gasteiger partial charge in [0.25, 0.3) is 0 Å². The zero-order valence-electron chi connectivity index (χ0n) is 12.7. The molecular formula is C17H20ClN3S. The van der Waals surface area contributed by atoms with Crippen molar-refractivity contribution in [3.05, 3.63) is 66.2 Å². The van der Waals surface area contributed by atoms with E-state index in [1.54, 1.807) is 0 Å². The normalized spacial score (nSPS) is 11.4. The van der Waals surface area contributed by atoms with E-state index in [4.69, 9.17) is 5.73 Å². The highest BCUT2D eigenvalue weighted by atomic mass is 35.5. The first-order valence-electron chi connectivity index (χ1n) is 6.98. The van der Waals surface area contributed by atoms with Gasteiger partial charge in [0, 0.05) is 16.8 Å². The largest absolute Gasteiger partial charge is 0.319 e. The molecule has 0 aliphatic heterocycles. The molecule has 0 unspecified atom stereocenters. The standard InChI is InChI=1S/C17H19N3S.ClH/c1-17(2,18)16-19-11-14-15(9-6-10-20(14)16)21-12-13-7-4-3-5-8-13;/h3-11H,12,18H2,1-2H3;1H. The molecule has 116 valence electrons. The fourth-order valence-corrected chi connectivity index (χ4v) is 3.32. The number of imidazole rings is 1. The minimum absolute atomic E-state index is 0. The second-order valence-electron chi connectivity index (χ2n) is 5.71. The molecular weight excluding hydrogens is 314 g/mol. The van der Waals surface area contributed by atoms with Gasteiger partial charge in [-0.05, 0) is 31.5 Å². The molecule has 0 spiro atoms. The number of hydrogen-bond donors (Lipinski definition) is 1. The zero-order valence-corrected chi connectivity index (χ0v) is 14.3. The quantitative estimate of drug-likeness (QED) is 0.726. The van der Waals surface area contributed by atoms with E-state index in [-0.39, 0.29) is 12.4 Å². The third-order valence-electron chi connectivity index (χ3n) is 3.35. The van der Waals surface area contributed by atoms with Crippen LogP contribution >= 0.6 is 24.2 Å². The lowest BCUT2D eigenvalue weighted by Crippen LogP contribution is -2.31. The van der Waals surface area contributed by atoms with Crippen molar-refractivity contribution in [1.29, 1.82) is 0 Å². The third kappa shape index (κ3) is 3.46. The van der Waals surface area contributed by atoms with Crippen LogP contribution in [-0.4, -0.2) is 9.38 Å². The van der Waals surface area contributed by atoms with Crippen LogP contribution in [0.2, 0.25) is 0 Å². The van der Waals surface area contributed by atoms with E-state index in [0.29, 0.717) is 0 Å². The van der Waals surface area contributed by atoms with Gasteiger partial charge in [-0.3, -0.25) is 0 Å². The molecule has 22 heavy (non-hydrogen) atoms. The van der Waals surface area contributed by atoms with Crippen molar-refractivity contribution in [3.63, 3.8) is 0 Å². The van der Waals surface area contributed by atoms with Crippen molar-refractivity contribution in [2.75, 3.05) is 0 Å². The van der Waals surface area contributed by atoms with Crippen LogP contribution in [0.4, 0.5) is 0 Å². The minimum atomic E-state index is -0.449. The Morgan fingerprint density at radius 3 is 2.55 bits per heavy atom. The Kier molecular flexibility index (Phi) is 5.16.